The maximum Gasteiger partial charge on any atom is 0.258 e. The van der Waals surface area contributed by atoms with Crippen molar-refractivity contribution in [2.24, 2.45) is 22.5 Å². The quantitative estimate of drug-likeness (QED) is 0.0801. The topological polar surface area (TPSA) is 232 Å². The fourth-order valence-electron chi connectivity index (χ4n) is 10.8. The van der Waals surface area contributed by atoms with E-state index in [-0.39, 0.29) is 61.4 Å². The second kappa shape index (κ2) is 23.5. The van der Waals surface area contributed by atoms with Gasteiger partial charge in [0.2, 0.25) is 23.6 Å². The second-order valence-electron chi connectivity index (χ2n) is 23.0. The fourth-order valence-corrected chi connectivity index (χ4v) is 12.6. The van der Waals surface area contributed by atoms with Gasteiger partial charge in [0.1, 0.15) is 28.7 Å². The van der Waals surface area contributed by atoms with Crippen LogP contribution in [-0.2, 0) is 24.0 Å². The summed E-state index contributed by atoms with van der Waals surface area (Å²) in [4.78, 5) is 97.0. The van der Waals surface area contributed by atoms with Crippen LogP contribution < -0.4 is 26.6 Å². The first-order valence-corrected chi connectivity index (χ1v) is 29.0. The zero-order valence-corrected chi connectivity index (χ0v) is 47.0. The van der Waals surface area contributed by atoms with Crippen LogP contribution in [-0.4, -0.2) is 152 Å². The third-order valence-electron chi connectivity index (χ3n) is 16.2. The first-order chi connectivity index (χ1) is 36.7. The lowest BCUT2D eigenvalue weighted by molar-refractivity contribution is -0.145. The number of rotatable bonds is 16. The molecular formula is C55H72ClFN12O6S2. The Hall–Kier alpha value is -5.48. The van der Waals surface area contributed by atoms with Crippen LogP contribution in [0, 0.1) is 23.7 Å². The minimum Gasteiger partial charge on any atom is -0.391 e. The molecule has 22 heteroatoms. The first kappa shape index (κ1) is 56.2. The maximum atomic E-state index is 14.8. The van der Waals surface area contributed by atoms with Crippen LogP contribution in [0.4, 0.5) is 16.0 Å². The predicted molar refractivity (Wildman–Crippen MR) is 295 cm³/mol. The Kier molecular flexibility index (Phi) is 17.1. The van der Waals surface area contributed by atoms with Crippen LogP contribution in [0.25, 0.3) is 10.4 Å². The monoisotopic (exact) mass is 1110 g/mol. The number of hydrogen-bond acceptors (Lipinski definition) is 15. The maximum absolute atomic E-state index is 14.8. The van der Waals surface area contributed by atoms with Gasteiger partial charge in [0.05, 0.1) is 52.1 Å². The summed E-state index contributed by atoms with van der Waals surface area (Å²) in [7, 11) is 0. The fraction of sp³-hybridized carbons (Fsp3) is 0.582. The van der Waals surface area contributed by atoms with Crippen molar-refractivity contribution < 1.29 is 33.5 Å². The summed E-state index contributed by atoms with van der Waals surface area (Å²) in [6.07, 6.45) is 8.75. The van der Waals surface area contributed by atoms with E-state index < -0.39 is 53.0 Å². The average molecular weight is 1120 g/mol. The molecule has 77 heavy (non-hydrogen) atoms. The number of β-amino-alcohol motifs (C(OH)–C–C–N with tert-alkyl or cyclic N) is 1. The number of aromatic nitrogens is 4. The number of benzene rings is 1. The van der Waals surface area contributed by atoms with E-state index >= 15 is 0 Å². The van der Waals surface area contributed by atoms with Crippen molar-refractivity contribution in [2.45, 2.75) is 145 Å². The molecule has 0 radical (unpaired) electrons. The third kappa shape index (κ3) is 13.2. The standard InChI is InChI=1S/C55H72ClFN12O6S2/c1-33-46(76-32-62-33)35-8-6-34(7-9-35)39(64-49(72)40-26-38(70)30-69(40)51(74)47(53(2,3)4)65-52(75)55(57)15-16-55)27-44(71)67-20-11-36(12-21-67)50(73)68-22-13-37(14-23-68)63-48-45(56)41(10-19-59-48)77-43-29-60-42(28-61-43)66-24-17-54(5,31-58)18-25-66/h6-10,19,28-29,32,36-40,47,70H,11-18,20-27,30-31,58H2,1-5H3,(H,59,63)(H,64,72)(H,65,75)/t38-,39+,40+,47-/m1/s1. The summed E-state index contributed by atoms with van der Waals surface area (Å²) in [6.45, 7) is 13.6. The number of nitrogens with two attached hydrogens (primary N) is 1. The molecule has 0 spiro atoms. The van der Waals surface area contributed by atoms with Gasteiger partial charge in [-0.2, -0.15) is 0 Å². The number of hydrogen-bond donors (Lipinski definition) is 5. The highest BCUT2D eigenvalue weighted by molar-refractivity contribution is 7.99. The highest BCUT2D eigenvalue weighted by Gasteiger charge is 2.53. The molecule has 414 valence electrons. The van der Waals surface area contributed by atoms with E-state index in [9.17, 15) is 33.5 Å². The van der Waals surface area contributed by atoms with Gasteiger partial charge < -0.3 is 46.4 Å². The van der Waals surface area contributed by atoms with Gasteiger partial charge in [-0.1, -0.05) is 75.3 Å². The lowest BCUT2D eigenvalue weighted by atomic mass is 9.80. The summed E-state index contributed by atoms with van der Waals surface area (Å²) in [6, 6.07) is 6.41. The molecule has 18 nitrogen and oxygen atoms in total. The number of piperidine rings is 3. The Labute approximate surface area is 463 Å². The largest absolute Gasteiger partial charge is 0.391 e. The molecule has 5 aliphatic rings. The van der Waals surface area contributed by atoms with Crippen LogP contribution in [0.3, 0.4) is 0 Å². The minimum absolute atomic E-state index is 0.0580. The van der Waals surface area contributed by atoms with E-state index in [0.29, 0.717) is 74.8 Å². The molecule has 4 aliphatic heterocycles. The Morgan fingerprint density at radius 3 is 2.21 bits per heavy atom. The van der Waals surface area contributed by atoms with Gasteiger partial charge in [-0.15, -0.1) is 11.3 Å². The average Bonchev–Trinajstić information content (AvgIpc) is 3.83. The number of carbonyl (C=O) groups excluding carboxylic acids is 5. The summed E-state index contributed by atoms with van der Waals surface area (Å²) in [5.41, 5.74) is 7.57. The van der Waals surface area contributed by atoms with Crippen molar-refractivity contribution in [1.29, 1.82) is 0 Å². The van der Waals surface area contributed by atoms with Crippen LogP contribution in [0.5, 0.6) is 0 Å². The molecular weight excluding hydrogens is 1040 g/mol. The molecule has 5 amide bonds. The number of amides is 5. The predicted octanol–water partition coefficient (Wildman–Crippen LogP) is 6.56. The van der Waals surface area contributed by atoms with Gasteiger partial charge in [-0.05, 0) is 92.9 Å². The molecule has 4 atom stereocenters. The molecule has 0 unspecified atom stereocenters. The number of anilines is 2. The SMILES string of the molecule is Cc1ncsc1-c1ccc([C@H](CC(=O)N2CCC(C(=O)N3CCC(Nc4nccc(Sc5cnc(N6CCC(C)(CN)CC6)cn5)c4Cl)CC3)CC2)NC(=O)[C@@H]2C[C@@H](O)CN2C(=O)[C@@H](NC(=O)C2(F)CC2)C(C)(C)C)cc1. The molecule has 6 N–H and O–H groups in total. The highest BCUT2D eigenvalue weighted by atomic mass is 35.5. The molecule has 9 rings (SSSR count). The number of alkyl halides is 1. The normalized spacial score (nSPS) is 21.6. The number of thiazole rings is 1. The van der Waals surface area contributed by atoms with Crippen LogP contribution in [0.1, 0.15) is 109 Å². The van der Waals surface area contributed by atoms with E-state index in [1.54, 1.807) is 43.6 Å². The number of aliphatic hydroxyl groups excluding tert-OH is 1. The number of halogens is 2. The van der Waals surface area contributed by atoms with Gasteiger partial charge in [-0.25, -0.2) is 24.3 Å². The zero-order valence-electron chi connectivity index (χ0n) is 44.6. The van der Waals surface area contributed by atoms with Crippen molar-refractivity contribution in [3.05, 3.63) is 70.7 Å². The summed E-state index contributed by atoms with van der Waals surface area (Å²) in [5.74, 6) is -0.951. The van der Waals surface area contributed by atoms with E-state index in [1.807, 2.05) is 48.4 Å². The summed E-state index contributed by atoms with van der Waals surface area (Å²) in [5, 5.41) is 21.3. The number of likely N-dealkylation sites (tertiary alicyclic amines) is 3. The third-order valence-corrected chi connectivity index (χ3v) is 18.6. The molecule has 7 heterocycles. The lowest BCUT2D eigenvalue weighted by Gasteiger charge is -2.39. The van der Waals surface area contributed by atoms with Gasteiger partial charge in [0, 0.05) is 75.3 Å². The summed E-state index contributed by atoms with van der Waals surface area (Å²) >= 11 is 9.87. The van der Waals surface area contributed by atoms with E-state index in [0.717, 1.165) is 57.8 Å². The van der Waals surface area contributed by atoms with E-state index in [1.165, 1.54) is 28.0 Å². The van der Waals surface area contributed by atoms with Crippen molar-refractivity contribution in [3.8, 4) is 10.4 Å². The van der Waals surface area contributed by atoms with Crippen LogP contribution in [0.2, 0.25) is 5.02 Å². The molecule has 4 saturated heterocycles. The zero-order chi connectivity index (χ0) is 54.8. The minimum atomic E-state index is -2.02. The van der Waals surface area contributed by atoms with Gasteiger partial charge in [0.25, 0.3) is 5.91 Å². The number of nitrogens with zero attached hydrogens (tertiary/aromatic N) is 8. The van der Waals surface area contributed by atoms with Crippen molar-refractivity contribution in [2.75, 3.05) is 62.6 Å². The van der Waals surface area contributed by atoms with Crippen molar-refractivity contribution >= 4 is 75.9 Å². The van der Waals surface area contributed by atoms with E-state index in [4.69, 9.17) is 22.3 Å². The molecule has 1 aromatic carbocycles. The van der Waals surface area contributed by atoms with Crippen LogP contribution >= 0.6 is 34.7 Å². The molecule has 0 bridgehead atoms. The second-order valence-corrected chi connectivity index (χ2v) is 25.3. The van der Waals surface area contributed by atoms with Crippen molar-refractivity contribution in [1.82, 2.24) is 45.3 Å². The molecule has 5 fully saturated rings. The Bertz CT molecular complexity index is 2770. The number of pyridine rings is 1. The summed E-state index contributed by atoms with van der Waals surface area (Å²) < 4.78 is 14.8. The first-order valence-electron chi connectivity index (χ1n) is 26.9. The Balaban J connectivity index is 0.784. The van der Waals surface area contributed by atoms with Gasteiger partial charge in [-0.3, -0.25) is 24.0 Å². The highest BCUT2D eigenvalue weighted by Crippen LogP contribution is 2.41. The Morgan fingerprint density at radius 1 is 0.909 bits per heavy atom. The van der Waals surface area contributed by atoms with E-state index in [2.05, 4.69) is 42.7 Å². The Morgan fingerprint density at radius 2 is 1.60 bits per heavy atom. The molecule has 3 aromatic heterocycles. The van der Waals surface area contributed by atoms with Crippen molar-refractivity contribution in [3.63, 3.8) is 0 Å². The number of aliphatic hydroxyl groups is 1. The number of carbonyl (C=O) groups is 5. The smallest absolute Gasteiger partial charge is 0.258 e. The molecule has 4 aromatic rings. The van der Waals surface area contributed by atoms with Gasteiger partial charge in [0.15, 0.2) is 5.67 Å². The lowest BCUT2D eigenvalue weighted by Crippen LogP contribution is -2.59. The van der Waals surface area contributed by atoms with Gasteiger partial charge >= 0.3 is 0 Å². The molecule has 1 saturated carbocycles. The number of nitrogens with one attached hydrogen (secondary N) is 3. The van der Waals surface area contributed by atoms with Crippen LogP contribution in [0.15, 0.2) is 64.4 Å². The molecule has 1 aliphatic carbocycles. The number of aryl methyl sites for hydroxylation is 1.